The molecule has 1 fully saturated rings. The minimum atomic E-state index is -0.189. The van der Waals surface area contributed by atoms with E-state index in [4.69, 9.17) is 0 Å². The number of aromatic nitrogens is 4. The highest BCUT2D eigenvalue weighted by atomic mass is 32.1. The summed E-state index contributed by atoms with van der Waals surface area (Å²) < 4.78 is 1.44. The monoisotopic (exact) mass is 382 g/mol. The molecule has 1 saturated heterocycles. The Balaban J connectivity index is 1.52. The van der Waals surface area contributed by atoms with Gasteiger partial charge in [0.05, 0.1) is 18.3 Å². The molecule has 138 valence electrons. The Hall–Kier alpha value is -3.07. The summed E-state index contributed by atoms with van der Waals surface area (Å²) >= 11 is 1.37. The molecule has 3 aromatic heterocycles. The van der Waals surface area contributed by atoms with E-state index < -0.39 is 0 Å². The summed E-state index contributed by atoms with van der Waals surface area (Å²) in [4.78, 5) is 34.7. The highest BCUT2D eigenvalue weighted by molar-refractivity contribution is 7.13. The maximum atomic E-state index is 12.6. The third kappa shape index (κ3) is 3.87. The quantitative estimate of drug-likeness (QED) is 0.748. The molecule has 1 aliphatic rings. The van der Waals surface area contributed by atoms with Crippen molar-refractivity contribution in [1.82, 2.24) is 24.6 Å². The fraction of sp³-hybridized carbons (Fsp3) is 0.278. The molecule has 1 N–H and O–H groups in total. The molecule has 2 amide bonds. The lowest BCUT2D eigenvalue weighted by molar-refractivity contribution is 0.199. The Kier molecular flexibility index (Phi) is 4.93. The first kappa shape index (κ1) is 17.3. The second-order valence-corrected chi connectivity index (χ2v) is 7.13. The maximum Gasteiger partial charge on any atom is 0.323 e. The summed E-state index contributed by atoms with van der Waals surface area (Å²) in [5.41, 5.74) is 1.41. The topological polar surface area (TPSA) is 93.0 Å². The summed E-state index contributed by atoms with van der Waals surface area (Å²) in [7, 11) is 0. The Morgan fingerprint density at radius 3 is 2.85 bits per heavy atom. The summed E-state index contributed by atoms with van der Waals surface area (Å²) in [6.07, 6.45) is 6.76. The van der Waals surface area contributed by atoms with Crippen molar-refractivity contribution in [2.75, 3.05) is 11.9 Å². The largest absolute Gasteiger partial charge is 0.323 e. The van der Waals surface area contributed by atoms with Gasteiger partial charge in [-0.25, -0.2) is 14.5 Å². The van der Waals surface area contributed by atoms with E-state index in [0.717, 1.165) is 18.4 Å². The molecule has 0 radical (unpaired) electrons. The van der Waals surface area contributed by atoms with Gasteiger partial charge in [-0.05, 0) is 31.0 Å². The number of amides is 2. The van der Waals surface area contributed by atoms with E-state index in [1.165, 1.54) is 22.1 Å². The van der Waals surface area contributed by atoms with Crippen LogP contribution in [0.3, 0.4) is 0 Å². The molecule has 1 aliphatic heterocycles. The van der Waals surface area contributed by atoms with Gasteiger partial charge in [0.25, 0.3) is 5.56 Å². The third-order valence-electron chi connectivity index (χ3n) is 4.51. The molecule has 8 nitrogen and oxygen atoms in total. The lowest BCUT2D eigenvalue weighted by atomic mass is 10.2. The Bertz CT molecular complexity index is 973. The molecule has 9 heteroatoms. The van der Waals surface area contributed by atoms with Crippen molar-refractivity contribution in [2.45, 2.75) is 25.4 Å². The van der Waals surface area contributed by atoms with Crippen molar-refractivity contribution in [2.24, 2.45) is 0 Å². The molecule has 0 bridgehead atoms. The zero-order chi connectivity index (χ0) is 18.6. The van der Waals surface area contributed by atoms with Crippen molar-refractivity contribution in [3.8, 4) is 11.3 Å². The van der Waals surface area contributed by atoms with Gasteiger partial charge in [-0.2, -0.15) is 5.10 Å². The highest BCUT2D eigenvalue weighted by Crippen LogP contribution is 2.21. The molecule has 0 saturated carbocycles. The van der Waals surface area contributed by atoms with Crippen molar-refractivity contribution in [3.05, 3.63) is 58.6 Å². The molecule has 3 aromatic rings. The van der Waals surface area contributed by atoms with E-state index in [0.29, 0.717) is 23.9 Å². The number of carbonyl (C=O) groups excluding carboxylic acids is 1. The number of thiazole rings is 1. The van der Waals surface area contributed by atoms with Crippen LogP contribution < -0.4 is 10.9 Å². The first-order chi connectivity index (χ1) is 13.2. The summed E-state index contributed by atoms with van der Waals surface area (Å²) in [6, 6.07) is 6.64. The molecular formula is C18H18N6O2S. The smallest absolute Gasteiger partial charge is 0.320 e. The van der Waals surface area contributed by atoms with Gasteiger partial charge >= 0.3 is 6.03 Å². The lowest BCUT2D eigenvalue weighted by Crippen LogP contribution is -2.42. The van der Waals surface area contributed by atoms with Crippen molar-refractivity contribution in [3.63, 3.8) is 0 Å². The fourth-order valence-corrected chi connectivity index (χ4v) is 3.72. The molecule has 0 aliphatic carbocycles. The van der Waals surface area contributed by atoms with Crippen molar-refractivity contribution < 1.29 is 4.79 Å². The summed E-state index contributed by atoms with van der Waals surface area (Å²) in [6.45, 7) is 1.02. The SMILES string of the molecule is O=C(Nc1nccs1)N1CCCC1Cn1nc(-c2ccncc2)ccc1=O. The molecule has 0 aromatic carbocycles. The van der Waals surface area contributed by atoms with E-state index >= 15 is 0 Å². The first-order valence-corrected chi connectivity index (χ1v) is 9.54. The maximum absolute atomic E-state index is 12.6. The Morgan fingerprint density at radius 2 is 2.07 bits per heavy atom. The molecule has 4 heterocycles. The van der Waals surface area contributed by atoms with Crippen LogP contribution in [0.5, 0.6) is 0 Å². The number of hydrogen-bond acceptors (Lipinski definition) is 6. The van der Waals surface area contributed by atoms with E-state index in [1.807, 2.05) is 17.5 Å². The number of carbonyl (C=O) groups is 1. The van der Waals surface area contributed by atoms with Gasteiger partial charge in [0.1, 0.15) is 0 Å². The van der Waals surface area contributed by atoms with Crippen LogP contribution >= 0.6 is 11.3 Å². The number of likely N-dealkylation sites (tertiary alicyclic amines) is 1. The molecule has 27 heavy (non-hydrogen) atoms. The van der Waals surface area contributed by atoms with Crippen LogP contribution in [0.25, 0.3) is 11.3 Å². The second kappa shape index (κ2) is 7.67. The fourth-order valence-electron chi connectivity index (χ4n) is 3.20. The van der Waals surface area contributed by atoms with Crippen LogP contribution in [0.4, 0.5) is 9.93 Å². The predicted octanol–water partition coefficient (Wildman–Crippen LogP) is 2.46. The molecule has 0 spiro atoms. The Morgan fingerprint density at radius 1 is 1.22 bits per heavy atom. The standard InChI is InChI=1S/C18H18N6O2S/c25-16-4-3-15(13-5-7-19-8-6-13)22-24(16)12-14-2-1-10-23(14)18(26)21-17-20-9-11-27-17/h3-9,11,14H,1-2,10,12H2,(H,20,21,26). The van der Waals surface area contributed by atoms with Gasteiger partial charge in [-0.3, -0.25) is 15.1 Å². The van der Waals surface area contributed by atoms with Crippen molar-refractivity contribution >= 4 is 22.5 Å². The number of nitrogens with one attached hydrogen (secondary N) is 1. The summed E-state index contributed by atoms with van der Waals surface area (Å²) in [5.74, 6) is 0. The van der Waals surface area contributed by atoms with Crippen LogP contribution in [-0.4, -0.2) is 43.3 Å². The zero-order valence-electron chi connectivity index (χ0n) is 14.5. The average Bonchev–Trinajstić information content (AvgIpc) is 3.36. The second-order valence-electron chi connectivity index (χ2n) is 6.23. The van der Waals surface area contributed by atoms with Crippen LogP contribution in [0.2, 0.25) is 0 Å². The number of anilines is 1. The van der Waals surface area contributed by atoms with Crippen LogP contribution in [0, 0.1) is 0 Å². The molecule has 4 rings (SSSR count). The normalized spacial score (nSPS) is 16.4. The van der Waals surface area contributed by atoms with Gasteiger partial charge in [-0.15, -0.1) is 11.3 Å². The molecule has 1 unspecified atom stereocenters. The van der Waals surface area contributed by atoms with E-state index in [-0.39, 0.29) is 17.6 Å². The molecular weight excluding hydrogens is 364 g/mol. The third-order valence-corrected chi connectivity index (χ3v) is 5.20. The van der Waals surface area contributed by atoms with Crippen LogP contribution in [0.1, 0.15) is 12.8 Å². The van der Waals surface area contributed by atoms with E-state index in [2.05, 4.69) is 20.4 Å². The first-order valence-electron chi connectivity index (χ1n) is 8.66. The molecule has 1 atom stereocenters. The highest BCUT2D eigenvalue weighted by Gasteiger charge is 2.30. The van der Waals surface area contributed by atoms with Gasteiger partial charge in [0.15, 0.2) is 5.13 Å². The zero-order valence-corrected chi connectivity index (χ0v) is 15.3. The number of pyridine rings is 1. The summed E-state index contributed by atoms with van der Waals surface area (Å²) in [5, 5.41) is 9.68. The number of urea groups is 1. The number of nitrogens with zero attached hydrogens (tertiary/aromatic N) is 5. The number of hydrogen-bond donors (Lipinski definition) is 1. The predicted molar refractivity (Wildman–Crippen MR) is 103 cm³/mol. The van der Waals surface area contributed by atoms with Crippen LogP contribution in [-0.2, 0) is 6.54 Å². The van der Waals surface area contributed by atoms with Gasteiger partial charge in [-0.1, -0.05) is 0 Å². The average molecular weight is 382 g/mol. The minimum Gasteiger partial charge on any atom is -0.320 e. The Labute approximate surface area is 159 Å². The van der Waals surface area contributed by atoms with Gasteiger partial charge in [0.2, 0.25) is 0 Å². The van der Waals surface area contributed by atoms with Gasteiger partial charge in [0, 0.05) is 42.1 Å². The van der Waals surface area contributed by atoms with Crippen molar-refractivity contribution in [1.29, 1.82) is 0 Å². The minimum absolute atomic E-state index is 0.0807. The van der Waals surface area contributed by atoms with E-state index in [9.17, 15) is 9.59 Å². The number of rotatable bonds is 4. The van der Waals surface area contributed by atoms with Gasteiger partial charge < -0.3 is 4.90 Å². The lowest BCUT2D eigenvalue weighted by Gasteiger charge is -2.24. The van der Waals surface area contributed by atoms with Crippen LogP contribution in [0.15, 0.2) is 53.0 Å². The van der Waals surface area contributed by atoms with E-state index in [1.54, 1.807) is 29.6 Å².